The fraction of sp³-hybridized carbons (Fsp3) is 0.200. The van der Waals surface area contributed by atoms with Crippen molar-refractivity contribution in [2.24, 2.45) is 5.73 Å². The predicted molar refractivity (Wildman–Crippen MR) is 82.6 cm³/mol. The average molecular weight is 306 g/mol. The van der Waals surface area contributed by atoms with Gasteiger partial charge in [-0.05, 0) is 42.9 Å². The van der Waals surface area contributed by atoms with Crippen LogP contribution < -0.4 is 15.8 Å². The molecule has 0 aliphatic heterocycles. The maximum Gasteiger partial charge on any atom is 0.262 e. The Kier molecular flexibility index (Phi) is 5.54. The van der Waals surface area contributed by atoms with E-state index < -0.39 is 0 Å². The third-order valence-corrected chi connectivity index (χ3v) is 2.95. The van der Waals surface area contributed by atoms with Gasteiger partial charge in [0.1, 0.15) is 5.75 Å². The van der Waals surface area contributed by atoms with Crippen LogP contribution in [0.25, 0.3) is 0 Å². The molecule has 0 aliphatic carbocycles. The number of rotatable bonds is 6. The van der Waals surface area contributed by atoms with Crippen LogP contribution in [-0.4, -0.2) is 24.0 Å². The lowest BCUT2D eigenvalue weighted by Crippen LogP contribution is -2.20. The van der Waals surface area contributed by atoms with Gasteiger partial charge in [-0.15, -0.1) is 0 Å². The smallest absolute Gasteiger partial charge is 0.262 e. The normalized spacial score (nSPS) is 10.2. The molecule has 3 N–H and O–H groups in total. The van der Waals surface area contributed by atoms with E-state index in [9.17, 15) is 4.79 Å². The van der Waals surface area contributed by atoms with Gasteiger partial charge in [-0.3, -0.25) is 9.78 Å². The van der Waals surface area contributed by atoms with E-state index in [1.807, 2.05) is 6.07 Å². The molecule has 1 aromatic heterocycles. The minimum atomic E-state index is -0.247. The van der Waals surface area contributed by atoms with Gasteiger partial charge in [-0.25, -0.2) is 0 Å². The van der Waals surface area contributed by atoms with Crippen LogP contribution in [0.2, 0.25) is 5.02 Å². The van der Waals surface area contributed by atoms with Crippen LogP contribution in [0.5, 0.6) is 5.75 Å². The molecule has 0 atom stereocenters. The van der Waals surface area contributed by atoms with Crippen molar-refractivity contribution < 1.29 is 9.53 Å². The van der Waals surface area contributed by atoms with Gasteiger partial charge in [0.2, 0.25) is 0 Å². The zero-order valence-electron chi connectivity index (χ0n) is 11.4. The van der Waals surface area contributed by atoms with Gasteiger partial charge in [-0.2, -0.15) is 0 Å². The number of hydrogen-bond acceptors (Lipinski definition) is 4. The second-order valence-corrected chi connectivity index (χ2v) is 4.80. The van der Waals surface area contributed by atoms with Crippen molar-refractivity contribution in [3.05, 3.63) is 53.3 Å². The number of carbonyl (C=O) groups is 1. The molecule has 0 saturated carbocycles. The Bertz CT molecular complexity index is 585. The summed E-state index contributed by atoms with van der Waals surface area (Å²) in [6.07, 6.45) is 2.30. The van der Waals surface area contributed by atoms with Gasteiger partial charge in [0.05, 0.1) is 6.20 Å². The molecule has 0 unspecified atom stereocenters. The summed E-state index contributed by atoms with van der Waals surface area (Å²) in [5, 5.41) is 3.33. The Balaban J connectivity index is 1.81. The Hall–Kier alpha value is -2.11. The molecule has 1 amide bonds. The number of ether oxygens (including phenoxy) is 1. The van der Waals surface area contributed by atoms with E-state index >= 15 is 0 Å². The number of benzene rings is 1. The number of nitrogens with one attached hydrogen (secondary N) is 1. The lowest BCUT2D eigenvalue weighted by atomic mass is 10.3. The third-order valence-electron chi connectivity index (χ3n) is 2.70. The van der Waals surface area contributed by atoms with Crippen molar-refractivity contribution in [3.8, 4) is 5.75 Å². The summed E-state index contributed by atoms with van der Waals surface area (Å²) in [4.78, 5) is 15.9. The quantitative estimate of drug-likeness (QED) is 0.858. The highest BCUT2D eigenvalue weighted by molar-refractivity contribution is 6.30. The van der Waals surface area contributed by atoms with Crippen molar-refractivity contribution in [2.45, 2.75) is 6.42 Å². The summed E-state index contributed by atoms with van der Waals surface area (Å²) in [5.41, 5.74) is 7.02. The van der Waals surface area contributed by atoms with Crippen molar-refractivity contribution in [1.82, 2.24) is 4.98 Å². The number of pyridine rings is 1. The Labute approximate surface area is 128 Å². The minimum absolute atomic E-state index is 0.0828. The third kappa shape index (κ3) is 5.06. The van der Waals surface area contributed by atoms with Crippen molar-refractivity contribution >= 4 is 23.2 Å². The standard InChI is InChI=1S/C15H16ClN3O2/c16-11-1-3-13(4-2-11)19-15(20)10-21-14-6-5-12(7-8-17)18-9-14/h1-6,9H,7-8,10,17H2,(H,19,20). The highest BCUT2D eigenvalue weighted by atomic mass is 35.5. The number of amides is 1. The van der Waals surface area contributed by atoms with Crippen LogP contribution in [0.1, 0.15) is 5.69 Å². The lowest BCUT2D eigenvalue weighted by Gasteiger charge is -2.08. The van der Waals surface area contributed by atoms with E-state index in [2.05, 4.69) is 10.3 Å². The number of aromatic nitrogens is 1. The molecule has 2 rings (SSSR count). The van der Waals surface area contributed by atoms with Gasteiger partial charge in [0.25, 0.3) is 5.91 Å². The summed E-state index contributed by atoms with van der Waals surface area (Å²) in [6.45, 7) is 0.469. The van der Waals surface area contributed by atoms with Crippen LogP contribution >= 0.6 is 11.6 Å². The molecule has 0 radical (unpaired) electrons. The summed E-state index contributed by atoms with van der Waals surface area (Å²) in [7, 11) is 0. The lowest BCUT2D eigenvalue weighted by molar-refractivity contribution is -0.118. The van der Waals surface area contributed by atoms with Crippen molar-refractivity contribution in [1.29, 1.82) is 0 Å². The molecule has 0 saturated heterocycles. The molecular weight excluding hydrogens is 290 g/mol. The molecule has 2 aromatic rings. The van der Waals surface area contributed by atoms with Gasteiger partial charge in [-0.1, -0.05) is 11.6 Å². The number of nitrogens with two attached hydrogens (primary N) is 1. The second kappa shape index (κ2) is 7.61. The Morgan fingerprint density at radius 2 is 2.00 bits per heavy atom. The molecule has 1 aromatic carbocycles. The number of nitrogens with zero attached hydrogens (tertiary/aromatic N) is 1. The zero-order valence-corrected chi connectivity index (χ0v) is 12.1. The highest BCUT2D eigenvalue weighted by Gasteiger charge is 2.04. The minimum Gasteiger partial charge on any atom is -0.482 e. The van der Waals surface area contributed by atoms with Crippen LogP contribution in [0.3, 0.4) is 0 Å². The number of hydrogen-bond donors (Lipinski definition) is 2. The van der Waals surface area contributed by atoms with Gasteiger partial charge < -0.3 is 15.8 Å². The first-order valence-electron chi connectivity index (χ1n) is 6.50. The Morgan fingerprint density at radius 3 is 2.62 bits per heavy atom. The molecule has 6 heteroatoms. The fourth-order valence-electron chi connectivity index (χ4n) is 1.67. The summed E-state index contributed by atoms with van der Waals surface area (Å²) < 4.78 is 5.37. The SMILES string of the molecule is NCCc1ccc(OCC(=O)Nc2ccc(Cl)cc2)cn1. The molecule has 0 fully saturated rings. The molecule has 5 nitrogen and oxygen atoms in total. The molecule has 1 heterocycles. The largest absolute Gasteiger partial charge is 0.482 e. The molecular formula is C15H16ClN3O2. The van der Waals surface area contributed by atoms with Crippen LogP contribution in [0.15, 0.2) is 42.6 Å². The molecule has 21 heavy (non-hydrogen) atoms. The van der Waals surface area contributed by atoms with Crippen molar-refractivity contribution in [3.63, 3.8) is 0 Å². The molecule has 0 bridgehead atoms. The summed E-state index contributed by atoms with van der Waals surface area (Å²) in [5.74, 6) is 0.297. The van der Waals surface area contributed by atoms with E-state index in [0.29, 0.717) is 23.0 Å². The number of halogens is 1. The first-order chi connectivity index (χ1) is 10.2. The van der Waals surface area contributed by atoms with E-state index in [1.54, 1.807) is 36.5 Å². The number of carbonyl (C=O) groups excluding carboxylic acids is 1. The number of anilines is 1. The van der Waals surface area contributed by atoms with Gasteiger partial charge in [0, 0.05) is 22.8 Å². The van der Waals surface area contributed by atoms with Crippen LogP contribution in [-0.2, 0) is 11.2 Å². The van der Waals surface area contributed by atoms with Gasteiger partial charge >= 0.3 is 0 Å². The molecule has 0 spiro atoms. The second-order valence-electron chi connectivity index (χ2n) is 4.37. The molecule has 0 aliphatic rings. The maximum atomic E-state index is 11.7. The van der Waals surface area contributed by atoms with Crippen LogP contribution in [0.4, 0.5) is 5.69 Å². The highest BCUT2D eigenvalue weighted by Crippen LogP contribution is 2.13. The summed E-state index contributed by atoms with van der Waals surface area (Å²) >= 11 is 5.77. The fourth-order valence-corrected chi connectivity index (χ4v) is 1.80. The van der Waals surface area contributed by atoms with E-state index in [4.69, 9.17) is 22.1 Å². The first kappa shape index (κ1) is 15.3. The Morgan fingerprint density at radius 1 is 1.24 bits per heavy atom. The van der Waals surface area contributed by atoms with Crippen LogP contribution in [0, 0.1) is 0 Å². The van der Waals surface area contributed by atoms with E-state index in [-0.39, 0.29) is 12.5 Å². The van der Waals surface area contributed by atoms with E-state index in [1.165, 1.54) is 0 Å². The maximum absolute atomic E-state index is 11.7. The van der Waals surface area contributed by atoms with Crippen molar-refractivity contribution in [2.75, 3.05) is 18.5 Å². The monoisotopic (exact) mass is 305 g/mol. The summed E-state index contributed by atoms with van der Waals surface area (Å²) in [6, 6.07) is 10.5. The van der Waals surface area contributed by atoms with Gasteiger partial charge in [0.15, 0.2) is 6.61 Å². The van der Waals surface area contributed by atoms with E-state index in [0.717, 1.165) is 12.1 Å². The average Bonchev–Trinajstić information content (AvgIpc) is 2.49. The topological polar surface area (TPSA) is 77.2 Å². The first-order valence-corrected chi connectivity index (χ1v) is 6.88. The zero-order chi connectivity index (χ0) is 15.1. The predicted octanol–water partition coefficient (Wildman–Crippen LogP) is 2.25. The molecule has 110 valence electrons.